The molecule has 0 aliphatic rings. The fraction of sp³-hybridized carbons (Fsp3) is 0.200. The molecule has 1 N–H and O–H groups in total. The molecule has 0 fully saturated rings. The Balaban J connectivity index is 2.23. The number of hydrogen-bond donors (Lipinski definition) is 1. The third-order valence-corrected chi connectivity index (χ3v) is 2.83. The first-order valence-electron chi connectivity index (χ1n) is 5.49. The quantitative estimate of drug-likeness (QED) is 0.806. The van der Waals surface area contributed by atoms with Crippen molar-refractivity contribution in [1.29, 1.82) is 0 Å². The average Bonchev–Trinajstić information content (AvgIpc) is 2.25. The fourth-order valence-corrected chi connectivity index (χ4v) is 1.88. The van der Waals surface area contributed by atoms with Gasteiger partial charge in [-0.25, -0.2) is 0 Å². The monoisotopic (exact) mass is 212 g/mol. The standard InChI is InChI=1S/C15H16O/c1-11-3-6-14(12(2)9-11)10-13-4-7-15(16)8-5-13/h3-9,16H,10H2,1-2H3. The van der Waals surface area contributed by atoms with E-state index in [1.165, 1.54) is 22.3 Å². The molecule has 0 aliphatic heterocycles. The van der Waals surface area contributed by atoms with E-state index in [1.807, 2.05) is 12.1 Å². The lowest BCUT2D eigenvalue weighted by molar-refractivity contribution is 0.475. The van der Waals surface area contributed by atoms with Crippen LogP contribution in [0, 0.1) is 13.8 Å². The van der Waals surface area contributed by atoms with E-state index in [0.717, 1.165) is 6.42 Å². The van der Waals surface area contributed by atoms with E-state index < -0.39 is 0 Å². The number of aromatic hydroxyl groups is 1. The summed E-state index contributed by atoms with van der Waals surface area (Å²) in [5.41, 5.74) is 5.20. The predicted molar refractivity (Wildman–Crippen MR) is 66.8 cm³/mol. The molecule has 2 aromatic rings. The molecule has 0 atom stereocenters. The van der Waals surface area contributed by atoms with Crippen molar-refractivity contribution in [3.05, 3.63) is 64.7 Å². The molecule has 0 heterocycles. The van der Waals surface area contributed by atoms with Gasteiger partial charge in [0, 0.05) is 0 Å². The first-order valence-corrected chi connectivity index (χ1v) is 5.49. The summed E-state index contributed by atoms with van der Waals surface area (Å²) in [5.74, 6) is 0.323. The molecule has 82 valence electrons. The van der Waals surface area contributed by atoms with Gasteiger partial charge in [-0.05, 0) is 49.1 Å². The van der Waals surface area contributed by atoms with Crippen LogP contribution in [0.25, 0.3) is 0 Å². The van der Waals surface area contributed by atoms with Gasteiger partial charge in [-0.15, -0.1) is 0 Å². The molecule has 0 aliphatic carbocycles. The highest BCUT2D eigenvalue weighted by molar-refractivity contribution is 5.36. The maximum absolute atomic E-state index is 9.21. The molecule has 1 heteroatoms. The molecule has 0 bridgehead atoms. The van der Waals surface area contributed by atoms with Crippen LogP contribution >= 0.6 is 0 Å². The van der Waals surface area contributed by atoms with Gasteiger partial charge in [0.05, 0.1) is 0 Å². The van der Waals surface area contributed by atoms with Crippen molar-refractivity contribution in [3.8, 4) is 5.75 Å². The van der Waals surface area contributed by atoms with Crippen molar-refractivity contribution in [2.75, 3.05) is 0 Å². The van der Waals surface area contributed by atoms with Crippen LogP contribution in [0.2, 0.25) is 0 Å². The van der Waals surface area contributed by atoms with Crippen LogP contribution in [0.5, 0.6) is 5.75 Å². The van der Waals surface area contributed by atoms with E-state index in [0.29, 0.717) is 5.75 Å². The lowest BCUT2D eigenvalue weighted by Gasteiger charge is -2.07. The van der Waals surface area contributed by atoms with Crippen molar-refractivity contribution in [1.82, 2.24) is 0 Å². The second kappa shape index (κ2) is 4.40. The normalized spacial score (nSPS) is 10.4. The Hall–Kier alpha value is -1.76. The summed E-state index contributed by atoms with van der Waals surface area (Å²) in [6.07, 6.45) is 0.923. The zero-order chi connectivity index (χ0) is 11.5. The van der Waals surface area contributed by atoms with Crippen LogP contribution in [-0.2, 0) is 6.42 Å². The molecular weight excluding hydrogens is 196 g/mol. The minimum Gasteiger partial charge on any atom is -0.508 e. The Kier molecular flexibility index (Phi) is 2.95. The highest BCUT2D eigenvalue weighted by Crippen LogP contribution is 2.17. The van der Waals surface area contributed by atoms with Crippen molar-refractivity contribution in [2.24, 2.45) is 0 Å². The Morgan fingerprint density at radius 2 is 1.62 bits per heavy atom. The molecule has 1 nitrogen and oxygen atoms in total. The van der Waals surface area contributed by atoms with Crippen LogP contribution in [0.15, 0.2) is 42.5 Å². The maximum atomic E-state index is 9.21. The molecule has 0 radical (unpaired) electrons. The smallest absolute Gasteiger partial charge is 0.115 e. The summed E-state index contributed by atoms with van der Waals surface area (Å²) in [6, 6.07) is 13.9. The van der Waals surface area contributed by atoms with Gasteiger partial charge in [0.1, 0.15) is 5.75 Å². The number of phenols is 1. The molecule has 0 saturated carbocycles. The third kappa shape index (κ3) is 2.43. The molecule has 16 heavy (non-hydrogen) atoms. The van der Waals surface area contributed by atoms with Gasteiger partial charge < -0.3 is 5.11 Å². The van der Waals surface area contributed by atoms with E-state index in [-0.39, 0.29) is 0 Å². The fourth-order valence-electron chi connectivity index (χ4n) is 1.88. The zero-order valence-electron chi connectivity index (χ0n) is 9.70. The predicted octanol–water partition coefficient (Wildman–Crippen LogP) is 3.60. The molecule has 0 amide bonds. The summed E-state index contributed by atoms with van der Waals surface area (Å²) < 4.78 is 0. The van der Waals surface area contributed by atoms with E-state index in [2.05, 4.69) is 32.0 Å². The molecule has 2 rings (SSSR count). The lowest BCUT2D eigenvalue weighted by atomic mass is 9.99. The summed E-state index contributed by atoms with van der Waals surface area (Å²) in [6.45, 7) is 4.25. The third-order valence-electron chi connectivity index (χ3n) is 2.83. The number of benzene rings is 2. The van der Waals surface area contributed by atoms with E-state index >= 15 is 0 Å². The summed E-state index contributed by atoms with van der Waals surface area (Å²) in [5, 5.41) is 9.21. The maximum Gasteiger partial charge on any atom is 0.115 e. The van der Waals surface area contributed by atoms with Crippen LogP contribution < -0.4 is 0 Å². The van der Waals surface area contributed by atoms with Gasteiger partial charge in [-0.1, -0.05) is 35.9 Å². The molecule has 0 spiro atoms. The molecule has 2 aromatic carbocycles. The van der Waals surface area contributed by atoms with Crippen molar-refractivity contribution < 1.29 is 5.11 Å². The van der Waals surface area contributed by atoms with Gasteiger partial charge in [0.25, 0.3) is 0 Å². The summed E-state index contributed by atoms with van der Waals surface area (Å²) in [7, 11) is 0. The second-order valence-electron chi connectivity index (χ2n) is 4.27. The molecule has 0 aromatic heterocycles. The second-order valence-corrected chi connectivity index (χ2v) is 4.27. The van der Waals surface area contributed by atoms with Crippen LogP contribution in [-0.4, -0.2) is 5.11 Å². The summed E-state index contributed by atoms with van der Waals surface area (Å²) in [4.78, 5) is 0. The van der Waals surface area contributed by atoms with E-state index in [4.69, 9.17) is 0 Å². The minimum atomic E-state index is 0.323. The number of rotatable bonds is 2. The number of hydrogen-bond acceptors (Lipinski definition) is 1. The molecular formula is C15H16O. The van der Waals surface area contributed by atoms with Crippen LogP contribution in [0.4, 0.5) is 0 Å². The minimum absolute atomic E-state index is 0.323. The largest absolute Gasteiger partial charge is 0.508 e. The Morgan fingerprint density at radius 3 is 2.25 bits per heavy atom. The zero-order valence-corrected chi connectivity index (χ0v) is 9.70. The molecule has 0 saturated heterocycles. The topological polar surface area (TPSA) is 20.2 Å². The van der Waals surface area contributed by atoms with Crippen LogP contribution in [0.3, 0.4) is 0 Å². The van der Waals surface area contributed by atoms with Gasteiger partial charge in [-0.2, -0.15) is 0 Å². The number of phenolic OH excluding ortho intramolecular Hbond substituents is 1. The molecule has 0 unspecified atom stereocenters. The van der Waals surface area contributed by atoms with Crippen molar-refractivity contribution in [2.45, 2.75) is 20.3 Å². The van der Waals surface area contributed by atoms with E-state index in [9.17, 15) is 5.11 Å². The number of aryl methyl sites for hydroxylation is 2. The lowest BCUT2D eigenvalue weighted by Crippen LogP contribution is -1.92. The Morgan fingerprint density at radius 1 is 0.938 bits per heavy atom. The van der Waals surface area contributed by atoms with Crippen LogP contribution in [0.1, 0.15) is 22.3 Å². The van der Waals surface area contributed by atoms with E-state index in [1.54, 1.807) is 12.1 Å². The first-order chi connectivity index (χ1) is 7.65. The van der Waals surface area contributed by atoms with Gasteiger partial charge >= 0.3 is 0 Å². The highest BCUT2D eigenvalue weighted by atomic mass is 16.3. The van der Waals surface area contributed by atoms with Crippen molar-refractivity contribution in [3.63, 3.8) is 0 Å². The average molecular weight is 212 g/mol. The Bertz CT molecular complexity index is 483. The van der Waals surface area contributed by atoms with Crippen molar-refractivity contribution >= 4 is 0 Å². The Labute approximate surface area is 96.4 Å². The van der Waals surface area contributed by atoms with Gasteiger partial charge in [-0.3, -0.25) is 0 Å². The first kappa shape index (κ1) is 10.7. The van der Waals surface area contributed by atoms with Gasteiger partial charge in [0.2, 0.25) is 0 Å². The SMILES string of the molecule is Cc1ccc(Cc2ccc(O)cc2)c(C)c1. The summed E-state index contributed by atoms with van der Waals surface area (Å²) >= 11 is 0. The highest BCUT2D eigenvalue weighted by Gasteiger charge is 2.00. The van der Waals surface area contributed by atoms with Gasteiger partial charge in [0.15, 0.2) is 0 Å².